The van der Waals surface area contributed by atoms with Crippen molar-refractivity contribution in [2.75, 3.05) is 39.1 Å². The Morgan fingerprint density at radius 2 is 1.94 bits per heavy atom. The fraction of sp³-hybridized carbons (Fsp3) is 0.500. The average molecular weight is 252 g/mol. The number of pyridine rings is 1. The minimum absolute atomic E-state index is 0.393. The van der Waals surface area contributed by atoms with E-state index >= 15 is 0 Å². The van der Waals surface area contributed by atoms with E-state index in [4.69, 9.17) is 18.0 Å². The van der Waals surface area contributed by atoms with Crippen LogP contribution in [0.25, 0.3) is 0 Å². The van der Waals surface area contributed by atoms with Crippen molar-refractivity contribution in [1.29, 1.82) is 0 Å². The van der Waals surface area contributed by atoms with Crippen molar-refractivity contribution in [3.05, 3.63) is 23.4 Å². The topological polar surface area (TPSA) is 45.4 Å². The normalized spacial score (nSPS) is 10.6. The molecule has 0 bridgehead atoms. The van der Waals surface area contributed by atoms with Crippen LogP contribution in [0.3, 0.4) is 0 Å². The van der Waals surface area contributed by atoms with E-state index in [9.17, 15) is 0 Å². The van der Waals surface area contributed by atoms with Gasteiger partial charge in [-0.1, -0.05) is 12.2 Å². The van der Waals surface area contributed by atoms with E-state index in [0.717, 1.165) is 30.2 Å². The fourth-order valence-corrected chi connectivity index (χ4v) is 1.64. The Bertz CT molecular complexity index is 403. The van der Waals surface area contributed by atoms with E-state index in [0.29, 0.717) is 4.99 Å². The van der Waals surface area contributed by atoms with Gasteiger partial charge in [-0.2, -0.15) is 0 Å². The largest absolute Gasteiger partial charge is 0.389 e. The third-order valence-corrected chi connectivity index (χ3v) is 2.74. The van der Waals surface area contributed by atoms with Crippen molar-refractivity contribution >= 4 is 23.0 Å². The Labute approximate surface area is 108 Å². The van der Waals surface area contributed by atoms with Gasteiger partial charge >= 0.3 is 0 Å². The van der Waals surface area contributed by atoms with Crippen LogP contribution in [-0.2, 0) is 0 Å². The Hall–Kier alpha value is -1.20. The molecule has 0 radical (unpaired) electrons. The molecule has 5 heteroatoms. The number of hydrogen-bond donors (Lipinski definition) is 1. The molecule has 0 saturated heterocycles. The molecule has 0 atom stereocenters. The standard InChI is InChI=1S/C12H20N4S/c1-9-5-6-10(11(13)17)12(14-9)16(4)8-7-15(2)3/h5-6H,7-8H2,1-4H3,(H2,13,17). The molecule has 0 saturated carbocycles. The van der Waals surface area contributed by atoms with Gasteiger partial charge in [0, 0.05) is 25.8 Å². The molecule has 0 aliphatic carbocycles. The summed E-state index contributed by atoms with van der Waals surface area (Å²) in [5.41, 5.74) is 7.52. The van der Waals surface area contributed by atoms with Crippen molar-refractivity contribution in [1.82, 2.24) is 9.88 Å². The van der Waals surface area contributed by atoms with E-state index in [1.54, 1.807) is 0 Å². The minimum atomic E-state index is 0.393. The minimum Gasteiger partial charge on any atom is -0.389 e. The zero-order chi connectivity index (χ0) is 13.0. The molecule has 0 aromatic carbocycles. The van der Waals surface area contributed by atoms with Crippen LogP contribution in [0.15, 0.2) is 12.1 Å². The third-order valence-electron chi connectivity index (χ3n) is 2.52. The van der Waals surface area contributed by atoms with Gasteiger partial charge in [0.05, 0.1) is 5.56 Å². The zero-order valence-electron chi connectivity index (χ0n) is 10.9. The molecular formula is C12H20N4S. The number of aryl methyl sites for hydroxylation is 1. The maximum Gasteiger partial charge on any atom is 0.138 e. The maximum atomic E-state index is 5.71. The molecule has 0 unspecified atom stereocenters. The number of likely N-dealkylation sites (N-methyl/N-ethyl adjacent to an activating group) is 2. The van der Waals surface area contributed by atoms with Crippen molar-refractivity contribution < 1.29 is 0 Å². The number of rotatable bonds is 5. The summed E-state index contributed by atoms with van der Waals surface area (Å²) < 4.78 is 0. The van der Waals surface area contributed by atoms with Gasteiger partial charge in [-0.05, 0) is 33.2 Å². The van der Waals surface area contributed by atoms with Gasteiger partial charge in [-0.15, -0.1) is 0 Å². The lowest BCUT2D eigenvalue weighted by Crippen LogP contribution is -2.30. The van der Waals surface area contributed by atoms with Crippen LogP contribution in [0, 0.1) is 6.92 Å². The molecule has 1 aromatic rings. The van der Waals surface area contributed by atoms with Crippen LogP contribution in [0.2, 0.25) is 0 Å². The fourth-order valence-electron chi connectivity index (χ4n) is 1.48. The maximum absolute atomic E-state index is 5.71. The van der Waals surface area contributed by atoms with E-state index in [-0.39, 0.29) is 0 Å². The first-order valence-corrected chi connectivity index (χ1v) is 5.96. The second-order valence-corrected chi connectivity index (χ2v) is 4.85. The van der Waals surface area contributed by atoms with Crippen molar-refractivity contribution in [3.8, 4) is 0 Å². The summed E-state index contributed by atoms with van der Waals surface area (Å²) in [6, 6.07) is 3.87. The summed E-state index contributed by atoms with van der Waals surface area (Å²) in [7, 11) is 6.10. The molecule has 1 heterocycles. The summed E-state index contributed by atoms with van der Waals surface area (Å²) in [4.78, 5) is 9.12. The predicted molar refractivity (Wildman–Crippen MR) is 76.7 cm³/mol. The molecule has 0 fully saturated rings. The molecule has 94 valence electrons. The SMILES string of the molecule is Cc1ccc(C(N)=S)c(N(C)CCN(C)C)n1. The van der Waals surface area contributed by atoms with Gasteiger partial charge in [0.15, 0.2) is 0 Å². The van der Waals surface area contributed by atoms with Gasteiger partial charge in [-0.25, -0.2) is 4.98 Å². The number of anilines is 1. The van der Waals surface area contributed by atoms with Crippen LogP contribution < -0.4 is 10.6 Å². The molecule has 0 aliphatic heterocycles. The molecule has 1 aromatic heterocycles. The first-order valence-electron chi connectivity index (χ1n) is 5.55. The highest BCUT2D eigenvalue weighted by molar-refractivity contribution is 7.80. The highest BCUT2D eigenvalue weighted by Crippen LogP contribution is 2.17. The molecule has 0 aliphatic rings. The predicted octanol–water partition coefficient (Wildman–Crippen LogP) is 1.02. The van der Waals surface area contributed by atoms with Crippen molar-refractivity contribution in [2.24, 2.45) is 5.73 Å². The molecule has 0 amide bonds. The molecule has 0 spiro atoms. The van der Waals surface area contributed by atoms with Crippen LogP contribution in [0.4, 0.5) is 5.82 Å². The number of hydrogen-bond acceptors (Lipinski definition) is 4. The van der Waals surface area contributed by atoms with Gasteiger partial charge in [0.25, 0.3) is 0 Å². The van der Waals surface area contributed by atoms with Crippen LogP contribution in [-0.4, -0.2) is 49.1 Å². The Morgan fingerprint density at radius 1 is 1.29 bits per heavy atom. The van der Waals surface area contributed by atoms with Gasteiger partial charge in [0.1, 0.15) is 10.8 Å². The number of thiocarbonyl (C=S) groups is 1. The van der Waals surface area contributed by atoms with Crippen LogP contribution >= 0.6 is 12.2 Å². The third kappa shape index (κ3) is 3.94. The Kier molecular flexibility index (Phi) is 4.84. The second-order valence-electron chi connectivity index (χ2n) is 4.41. The zero-order valence-corrected chi connectivity index (χ0v) is 11.7. The van der Waals surface area contributed by atoms with E-state index < -0.39 is 0 Å². The second kappa shape index (κ2) is 5.93. The van der Waals surface area contributed by atoms with E-state index in [2.05, 4.69) is 14.8 Å². The summed E-state index contributed by atoms with van der Waals surface area (Å²) in [6.07, 6.45) is 0. The lowest BCUT2D eigenvalue weighted by molar-refractivity contribution is 0.416. The van der Waals surface area contributed by atoms with Gasteiger partial charge < -0.3 is 15.5 Å². The smallest absolute Gasteiger partial charge is 0.138 e. The highest BCUT2D eigenvalue weighted by Gasteiger charge is 2.11. The Balaban J connectivity index is 2.94. The first-order chi connectivity index (χ1) is 7.91. The highest BCUT2D eigenvalue weighted by atomic mass is 32.1. The lowest BCUT2D eigenvalue weighted by Gasteiger charge is -2.23. The molecule has 4 nitrogen and oxygen atoms in total. The molecule has 1 rings (SSSR count). The van der Waals surface area contributed by atoms with Crippen molar-refractivity contribution in [2.45, 2.75) is 6.92 Å². The number of nitrogens with zero attached hydrogens (tertiary/aromatic N) is 3. The summed E-state index contributed by atoms with van der Waals surface area (Å²) in [5, 5.41) is 0. The number of aromatic nitrogens is 1. The molecular weight excluding hydrogens is 232 g/mol. The average Bonchev–Trinajstić information content (AvgIpc) is 2.25. The summed E-state index contributed by atoms with van der Waals surface area (Å²) >= 11 is 5.05. The van der Waals surface area contributed by atoms with Gasteiger partial charge in [-0.3, -0.25) is 0 Å². The van der Waals surface area contributed by atoms with E-state index in [1.807, 2.05) is 40.2 Å². The quantitative estimate of drug-likeness (QED) is 0.793. The summed E-state index contributed by atoms with van der Waals surface area (Å²) in [5.74, 6) is 0.861. The monoisotopic (exact) mass is 252 g/mol. The molecule has 2 N–H and O–H groups in total. The van der Waals surface area contributed by atoms with E-state index in [1.165, 1.54) is 0 Å². The van der Waals surface area contributed by atoms with Crippen molar-refractivity contribution in [3.63, 3.8) is 0 Å². The van der Waals surface area contributed by atoms with Crippen LogP contribution in [0.5, 0.6) is 0 Å². The van der Waals surface area contributed by atoms with Crippen LogP contribution in [0.1, 0.15) is 11.3 Å². The Morgan fingerprint density at radius 3 is 2.47 bits per heavy atom. The molecule has 17 heavy (non-hydrogen) atoms. The first kappa shape index (κ1) is 13.9. The number of nitrogens with two attached hydrogens (primary N) is 1. The lowest BCUT2D eigenvalue weighted by atomic mass is 10.2. The van der Waals surface area contributed by atoms with Gasteiger partial charge in [0.2, 0.25) is 0 Å². The summed E-state index contributed by atoms with van der Waals surface area (Å²) in [6.45, 7) is 3.81.